The molecular formula is C21H27N5O2S. The fourth-order valence-corrected chi connectivity index (χ4v) is 4.97. The van der Waals surface area contributed by atoms with E-state index in [4.69, 9.17) is 0 Å². The van der Waals surface area contributed by atoms with Crippen LogP contribution in [-0.4, -0.2) is 75.2 Å². The van der Waals surface area contributed by atoms with Gasteiger partial charge in [0.15, 0.2) is 0 Å². The van der Waals surface area contributed by atoms with E-state index in [0.717, 1.165) is 29.5 Å². The molecule has 2 aliphatic rings. The average Bonchev–Trinajstić information content (AvgIpc) is 3.14. The fraction of sp³-hybridized carbons (Fsp3) is 0.524. The first-order valence-electron chi connectivity index (χ1n) is 10.0. The molecular weight excluding hydrogens is 386 g/mol. The van der Waals surface area contributed by atoms with Crippen LogP contribution in [0.1, 0.15) is 39.6 Å². The third kappa shape index (κ3) is 3.79. The molecule has 2 saturated heterocycles. The molecule has 154 valence electrons. The molecule has 8 heteroatoms. The van der Waals surface area contributed by atoms with Crippen LogP contribution < -0.4 is 0 Å². The number of thiazole rings is 1. The predicted molar refractivity (Wildman–Crippen MR) is 112 cm³/mol. The Morgan fingerprint density at radius 2 is 1.93 bits per heavy atom. The Balaban J connectivity index is 1.51. The zero-order valence-electron chi connectivity index (χ0n) is 17.2. The van der Waals surface area contributed by atoms with Gasteiger partial charge in [0.1, 0.15) is 5.54 Å². The van der Waals surface area contributed by atoms with Crippen molar-refractivity contribution in [2.75, 3.05) is 33.2 Å². The summed E-state index contributed by atoms with van der Waals surface area (Å²) >= 11 is 1.64. The van der Waals surface area contributed by atoms with Crippen molar-refractivity contribution >= 4 is 23.2 Å². The number of hydrogen-bond donors (Lipinski definition) is 0. The summed E-state index contributed by atoms with van der Waals surface area (Å²) in [5, 5.41) is 3.12. The minimum atomic E-state index is -0.549. The Hall–Kier alpha value is -2.32. The Bertz CT molecular complexity index is 902. The summed E-state index contributed by atoms with van der Waals surface area (Å²) < 4.78 is 0. The number of likely N-dealkylation sites (N-methyl/N-ethyl adjacent to an activating group) is 1. The number of amides is 2. The highest BCUT2D eigenvalue weighted by Crippen LogP contribution is 2.35. The third-order valence-corrected chi connectivity index (χ3v) is 6.93. The van der Waals surface area contributed by atoms with E-state index in [1.54, 1.807) is 17.5 Å². The van der Waals surface area contributed by atoms with Gasteiger partial charge in [0.25, 0.3) is 5.91 Å². The van der Waals surface area contributed by atoms with Gasteiger partial charge in [-0.1, -0.05) is 0 Å². The number of aromatic nitrogens is 2. The normalized spacial score (nSPS) is 19.8. The van der Waals surface area contributed by atoms with E-state index in [1.165, 1.54) is 0 Å². The quantitative estimate of drug-likeness (QED) is 0.771. The SMILES string of the molecule is Cc1ccc(C(=O)N2CCC3(CC2)C(=O)N(C)CCN3Cc2csc(C)n2)cn1. The first-order chi connectivity index (χ1) is 13.9. The molecule has 4 rings (SSSR count). The summed E-state index contributed by atoms with van der Waals surface area (Å²) in [5.41, 5.74) is 1.97. The molecule has 0 radical (unpaired) electrons. The van der Waals surface area contributed by atoms with Crippen molar-refractivity contribution < 1.29 is 9.59 Å². The van der Waals surface area contributed by atoms with Crippen LogP contribution in [0.25, 0.3) is 0 Å². The van der Waals surface area contributed by atoms with Crippen LogP contribution >= 0.6 is 11.3 Å². The van der Waals surface area contributed by atoms with Gasteiger partial charge < -0.3 is 9.80 Å². The number of aryl methyl sites for hydroxylation is 2. The molecule has 2 aromatic heterocycles. The molecule has 2 aromatic rings. The average molecular weight is 414 g/mol. The number of piperazine rings is 1. The number of piperidine rings is 1. The molecule has 0 unspecified atom stereocenters. The molecule has 2 fully saturated rings. The molecule has 29 heavy (non-hydrogen) atoms. The van der Waals surface area contributed by atoms with Crippen LogP contribution in [0.3, 0.4) is 0 Å². The maximum atomic E-state index is 13.2. The highest BCUT2D eigenvalue weighted by molar-refractivity contribution is 7.09. The number of rotatable bonds is 3. The minimum Gasteiger partial charge on any atom is -0.343 e. The van der Waals surface area contributed by atoms with Crippen molar-refractivity contribution in [2.45, 2.75) is 38.8 Å². The maximum Gasteiger partial charge on any atom is 0.255 e. The molecule has 0 aliphatic carbocycles. The highest BCUT2D eigenvalue weighted by Gasteiger charge is 2.50. The zero-order valence-corrected chi connectivity index (χ0v) is 18.0. The van der Waals surface area contributed by atoms with Crippen LogP contribution in [0.5, 0.6) is 0 Å². The molecule has 2 aliphatic heterocycles. The van der Waals surface area contributed by atoms with E-state index < -0.39 is 5.54 Å². The second kappa shape index (κ2) is 7.84. The molecule has 7 nitrogen and oxygen atoms in total. The predicted octanol–water partition coefficient (Wildman–Crippen LogP) is 2.10. The Kier molecular flexibility index (Phi) is 5.40. The van der Waals surface area contributed by atoms with Gasteiger partial charge in [0, 0.05) is 57.0 Å². The van der Waals surface area contributed by atoms with Crippen LogP contribution in [0.2, 0.25) is 0 Å². The van der Waals surface area contributed by atoms with Crippen molar-refractivity contribution in [2.24, 2.45) is 0 Å². The molecule has 0 N–H and O–H groups in total. The summed E-state index contributed by atoms with van der Waals surface area (Å²) in [6.07, 6.45) is 2.92. The second-order valence-electron chi connectivity index (χ2n) is 8.02. The monoisotopic (exact) mass is 413 g/mol. The lowest BCUT2D eigenvalue weighted by Crippen LogP contribution is -2.68. The minimum absolute atomic E-state index is 0.00867. The Morgan fingerprint density at radius 1 is 1.17 bits per heavy atom. The Morgan fingerprint density at radius 3 is 2.55 bits per heavy atom. The third-order valence-electron chi connectivity index (χ3n) is 6.11. The van der Waals surface area contributed by atoms with E-state index in [0.29, 0.717) is 38.0 Å². The number of carbonyl (C=O) groups excluding carboxylic acids is 2. The van der Waals surface area contributed by atoms with Gasteiger partial charge in [-0.25, -0.2) is 4.98 Å². The molecule has 2 amide bonds. The second-order valence-corrected chi connectivity index (χ2v) is 9.08. The van der Waals surface area contributed by atoms with E-state index in [9.17, 15) is 9.59 Å². The maximum absolute atomic E-state index is 13.2. The summed E-state index contributed by atoms with van der Waals surface area (Å²) in [6.45, 7) is 7.28. The molecule has 0 aromatic carbocycles. The number of pyridine rings is 1. The van der Waals surface area contributed by atoms with Crippen molar-refractivity contribution in [3.63, 3.8) is 0 Å². The van der Waals surface area contributed by atoms with Gasteiger partial charge in [-0.2, -0.15) is 0 Å². The van der Waals surface area contributed by atoms with Gasteiger partial charge in [-0.05, 0) is 38.8 Å². The molecule has 0 atom stereocenters. The Labute approximate surface area is 175 Å². The van der Waals surface area contributed by atoms with Gasteiger partial charge in [-0.3, -0.25) is 19.5 Å². The molecule has 0 saturated carbocycles. The smallest absolute Gasteiger partial charge is 0.255 e. The largest absolute Gasteiger partial charge is 0.343 e. The van der Waals surface area contributed by atoms with E-state index in [1.807, 2.05) is 42.8 Å². The number of hydrogen-bond acceptors (Lipinski definition) is 6. The first-order valence-corrected chi connectivity index (χ1v) is 10.9. The number of nitrogens with zero attached hydrogens (tertiary/aromatic N) is 5. The van der Waals surface area contributed by atoms with Gasteiger partial charge in [-0.15, -0.1) is 11.3 Å². The molecule has 0 bridgehead atoms. The first kappa shape index (κ1) is 20.0. The highest BCUT2D eigenvalue weighted by atomic mass is 32.1. The fourth-order valence-electron chi connectivity index (χ4n) is 4.37. The van der Waals surface area contributed by atoms with Gasteiger partial charge >= 0.3 is 0 Å². The molecule has 4 heterocycles. The van der Waals surface area contributed by atoms with Crippen molar-refractivity contribution in [1.82, 2.24) is 24.7 Å². The van der Waals surface area contributed by atoms with Crippen molar-refractivity contribution in [3.05, 3.63) is 45.7 Å². The summed E-state index contributed by atoms with van der Waals surface area (Å²) in [4.78, 5) is 40.9. The lowest BCUT2D eigenvalue weighted by Gasteiger charge is -2.52. The van der Waals surface area contributed by atoms with E-state index in [-0.39, 0.29) is 11.8 Å². The number of likely N-dealkylation sites (tertiary alicyclic amines) is 1. The van der Waals surface area contributed by atoms with Crippen molar-refractivity contribution in [1.29, 1.82) is 0 Å². The zero-order chi connectivity index (χ0) is 20.6. The van der Waals surface area contributed by atoms with Gasteiger partial charge in [0.05, 0.1) is 16.3 Å². The lowest BCUT2D eigenvalue weighted by molar-refractivity contribution is -0.154. The van der Waals surface area contributed by atoms with Crippen LogP contribution in [-0.2, 0) is 11.3 Å². The topological polar surface area (TPSA) is 69.6 Å². The standard InChI is InChI=1S/C21H27N5O2S/c1-15-4-5-17(12-22-15)19(27)25-8-6-21(7-9-25)20(28)24(3)10-11-26(21)13-18-14-29-16(2)23-18/h4-5,12,14H,6-11,13H2,1-3H3. The van der Waals surface area contributed by atoms with E-state index >= 15 is 0 Å². The van der Waals surface area contributed by atoms with Gasteiger partial charge in [0.2, 0.25) is 5.91 Å². The van der Waals surface area contributed by atoms with Crippen LogP contribution in [0, 0.1) is 13.8 Å². The summed E-state index contributed by atoms with van der Waals surface area (Å²) in [5.74, 6) is 0.158. The molecule has 1 spiro atoms. The number of carbonyl (C=O) groups is 2. The van der Waals surface area contributed by atoms with E-state index in [2.05, 4.69) is 20.2 Å². The summed E-state index contributed by atoms with van der Waals surface area (Å²) in [7, 11) is 1.88. The summed E-state index contributed by atoms with van der Waals surface area (Å²) in [6, 6.07) is 3.68. The van der Waals surface area contributed by atoms with Crippen molar-refractivity contribution in [3.8, 4) is 0 Å². The van der Waals surface area contributed by atoms with Crippen LogP contribution in [0.4, 0.5) is 0 Å². The van der Waals surface area contributed by atoms with Crippen LogP contribution in [0.15, 0.2) is 23.7 Å². The lowest BCUT2D eigenvalue weighted by atomic mass is 9.82.